The summed E-state index contributed by atoms with van der Waals surface area (Å²) in [4.78, 5) is 27.3. The van der Waals surface area contributed by atoms with Crippen LogP contribution in [0, 0.1) is 0 Å². The van der Waals surface area contributed by atoms with E-state index in [0.717, 1.165) is 35.4 Å². The highest BCUT2D eigenvalue weighted by molar-refractivity contribution is 7.89. The number of primary sulfonamides is 2. The van der Waals surface area contributed by atoms with Gasteiger partial charge in [-0.2, -0.15) is 23.4 Å². The van der Waals surface area contributed by atoms with E-state index >= 15 is 0 Å². The lowest BCUT2D eigenvalue weighted by atomic mass is 10.1. The molecule has 0 saturated heterocycles. The Morgan fingerprint density at radius 3 is 1.73 bits per heavy atom. The van der Waals surface area contributed by atoms with Crippen LogP contribution in [0.2, 0.25) is 10.0 Å². The van der Waals surface area contributed by atoms with E-state index in [9.17, 15) is 48.4 Å². The van der Waals surface area contributed by atoms with E-state index in [1.807, 2.05) is 0 Å². The predicted molar refractivity (Wildman–Crippen MR) is 205 cm³/mol. The topological polar surface area (TPSA) is 227 Å². The molecule has 6 rings (SSSR count). The molecule has 0 atom stereocenters. The van der Waals surface area contributed by atoms with Crippen molar-refractivity contribution in [1.29, 1.82) is 0 Å². The number of carbonyl (C=O) groups is 2. The zero-order chi connectivity index (χ0) is 43.3. The van der Waals surface area contributed by atoms with Crippen LogP contribution in [0.5, 0.6) is 0 Å². The molecule has 0 aliphatic rings. The fraction of sp³-hybridized carbons (Fsp3) is 0.114. The summed E-state index contributed by atoms with van der Waals surface area (Å²) in [6.45, 7) is 0. The Hall–Kier alpha value is -5.78. The highest BCUT2D eigenvalue weighted by atomic mass is 35.5. The van der Waals surface area contributed by atoms with Crippen molar-refractivity contribution in [2.75, 3.05) is 10.6 Å². The van der Waals surface area contributed by atoms with Gasteiger partial charge < -0.3 is 10.6 Å². The number of aromatic nitrogens is 5. The van der Waals surface area contributed by atoms with E-state index in [4.69, 9.17) is 33.5 Å². The maximum atomic E-state index is 12.8. The monoisotopic (exact) mass is 899 g/mol. The molecule has 6 aromatic rings. The zero-order valence-electron chi connectivity index (χ0n) is 29.6. The SMILES string of the molecule is NS(=O)(=O)c1cc(NC(=O)Cc2ccccc2Cl)ccc1-n1cc(C(F)F)cn1.NS(=O)(=O)c1cc(NC(=O)Cc2ccccc2Cl)cnc1-n1cc(C(F)(F)F)cn1. The highest BCUT2D eigenvalue weighted by Gasteiger charge is 2.33. The van der Waals surface area contributed by atoms with Gasteiger partial charge in [-0.1, -0.05) is 59.6 Å². The summed E-state index contributed by atoms with van der Waals surface area (Å²) in [7, 11) is -8.65. The number of pyridine rings is 1. The van der Waals surface area contributed by atoms with Crippen molar-refractivity contribution < 1.29 is 48.4 Å². The molecule has 3 heterocycles. The number of hydrogen-bond acceptors (Lipinski definition) is 9. The van der Waals surface area contributed by atoms with Gasteiger partial charge in [-0.25, -0.2) is 50.2 Å². The van der Waals surface area contributed by atoms with Gasteiger partial charge in [0.1, 0.15) is 9.79 Å². The lowest BCUT2D eigenvalue weighted by molar-refractivity contribution is -0.137. The van der Waals surface area contributed by atoms with Crippen molar-refractivity contribution >= 4 is 66.4 Å². The first-order chi connectivity index (χ1) is 27.6. The van der Waals surface area contributed by atoms with Gasteiger partial charge in [0.25, 0.3) is 6.43 Å². The second-order valence-electron chi connectivity index (χ2n) is 12.1. The van der Waals surface area contributed by atoms with E-state index < -0.39 is 60.7 Å². The van der Waals surface area contributed by atoms with Gasteiger partial charge in [0.2, 0.25) is 31.9 Å². The van der Waals surface area contributed by atoms with Crippen molar-refractivity contribution in [1.82, 2.24) is 24.5 Å². The van der Waals surface area contributed by atoms with Crippen LogP contribution in [0.15, 0.2) is 114 Å². The molecule has 3 aromatic heterocycles. The lowest BCUT2D eigenvalue weighted by Gasteiger charge is -2.12. The summed E-state index contributed by atoms with van der Waals surface area (Å²) in [6.07, 6.45) is -3.45. The Labute approximate surface area is 341 Å². The van der Waals surface area contributed by atoms with Crippen LogP contribution in [-0.2, 0) is 48.7 Å². The van der Waals surface area contributed by atoms with E-state index in [1.165, 1.54) is 12.1 Å². The number of hydrogen-bond donors (Lipinski definition) is 4. The van der Waals surface area contributed by atoms with Gasteiger partial charge in [-0.3, -0.25) is 9.59 Å². The number of carbonyl (C=O) groups excluding carboxylic acids is 2. The minimum Gasteiger partial charge on any atom is -0.326 e. The van der Waals surface area contributed by atoms with Gasteiger partial charge in [0, 0.05) is 28.1 Å². The summed E-state index contributed by atoms with van der Waals surface area (Å²) in [5, 5.41) is 23.5. The Bertz CT molecular complexity index is 2750. The molecule has 0 saturated carbocycles. The van der Waals surface area contributed by atoms with Crippen molar-refractivity contribution in [3.8, 4) is 11.5 Å². The number of halogens is 7. The fourth-order valence-corrected chi connectivity index (χ4v) is 6.94. The van der Waals surface area contributed by atoms with Gasteiger partial charge in [0.05, 0.1) is 53.9 Å². The number of rotatable bonds is 11. The zero-order valence-corrected chi connectivity index (χ0v) is 32.8. The Kier molecular flexibility index (Phi) is 13.5. The second kappa shape index (κ2) is 18.0. The highest BCUT2D eigenvalue weighted by Crippen LogP contribution is 2.30. The van der Waals surface area contributed by atoms with Crippen LogP contribution >= 0.6 is 23.2 Å². The number of anilines is 2. The molecule has 0 bridgehead atoms. The summed E-state index contributed by atoms with van der Waals surface area (Å²) in [5.74, 6) is -1.39. The van der Waals surface area contributed by atoms with Crippen LogP contribution in [0.1, 0.15) is 28.7 Å². The first-order valence-electron chi connectivity index (χ1n) is 16.3. The van der Waals surface area contributed by atoms with E-state index in [1.54, 1.807) is 48.5 Å². The number of nitrogens with zero attached hydrogens (tertiary/aromatic N) is 5. The largest absolute Gasteiger partial charge is 0.419 e. The quantitative estimate of drug-likeness (QED) is 0.111. The molecule has 0 unspecified atom stereocenters. The molecule has 3 aromatic carbocycles. The molecule has 6 N–H and O–H groups in total. The molecule has 0 spiro atoms. The molecule has 24 heteroatoms. The van der Waals surface area contributed by atoms with Crippen molar-refractivity contribution in [3.05, 3.63) is 136 Å². The first kappa shape index (κ1) is 44.3. The molecule has 2 amide bonds. The molecule has 59 heavy (non-hydrogen) atoms. The maximum Gasteiger partial charge on any atom is 0.419 e. The average molecular weight is 901 g/mol. The third kappa shape index (κ3) is 11.7. The molecular weight excluding hydrogens is 872 g/mol. The Balaban J connectivity index is 0.000000224. The van der Waals surface area contributed by atoms with Crippen molar-refractivity contribution in [2.45, 2.75) is 35.2 Å². The van der Waals surface area contributed by atoms with Crippen LogP contribution in [0.4, 0.5) is 33.3 Å². The lowest BCUT2D eigenvalue weighted by Crippen LogP contribution is -2.19. The molecule has 0 radical (unpaired) electrons. The van der Waals surface area contributed by atoms with Crippen LogP contribution < -0.4 is 20.9 Å². The van der Waals surface area contributed by atoms with Crippen molar-refractivity contribution in [2.24, 2.45) is 10.3 Å². The van der Waals surface area contributed by atoms with Crippen LogP contribution in [0.3, 0.4) is 0 Å². The molecule has 15 nitrogen and oxygen atoms in total. The summed E-state index contributed by atoms with van der Waals surface area (Å²) in [6, 6.07) is 18.3. The molecule has 0 fully saturated rings. The first-order valence-corrected chi connectivity index (χ1v) is 20.2. The normalized spacial score (nSPS) is 11.8. The maximum absolute atomic E-state index is 12.8. The third-order valence-electron chi connectivity index (χ3n) is 7.82. The number of sulfonamides is 2. The summed E-state index contributed by atoms with van der Waals surface area (Å²) in [5.41, 5.74) is -0.206. The third-order valence-corrected chi connectivity index (χ3v) is 10.4. The average Bonchev–Trinajstić information content (AvgIpc) is 3.85. The molecule has 0 aliphatic heterocycles. The number of benzene rings is 3. The van der Waals surface area contributed by atoms with E-state index in [2.05, 4.69) is 25.8 Å². The number of alkyl halides is 5. The van der Waals surface area contributed by atoms with Crippen LogP contribution in [-0.4, -0.2) is 53.2 Å². The van der Waals surface area contributed by atoms with E-state index in [0.29, 0.717) is 38.2 Å². The fourth-order valence-electron chi connectivity index (χ4n) is 5.10. The predicted octanol–water partition coefficient (Wildman–Crippen LogP) is 6.06. The second-order valence-corrected chi connectivity index (χ2v) is 16.0. The summed E-state index contributed by atoms with van der Waals surface area (Å²) < 4.78 is 113. The van der Waals surface area contributed by atoms with Crippen LogP contribution in [0.25, 0.3) is 11.5 Å². The molecular formula is C35H28Cl2F5N9O6S2. The minimum absolute atomic E-state index is 0.0245. The Morgan fingerprint density at radius 2 is 1.24 bits per heavy atom. The van der Waals surface area contributed by atoms with Crippen molar-refractivity contribution in [3.63, 3.8) is 0 Å². The molecule has 310 valence electrons. The number of nitrogens with one attached hydrogen (secondary N) is 2. The molecule has 0 aliphatic carbocycles. The Morgan fingerprint density at radius 1 is 0.712 bits per heavy atom. The number of amides is 2. The van der Waals surface area contributed by atoms with Gasteiger partial charge >= 0.3 is 6.18 Å². The van der Waals surface area contributed by atoms with Gasteiger partial charge in [-0.05, 0) is 47.5 Å². The van der Waals surface area contributed by atoms with Gasteiger partial charge in [0.15, 0.2) is 5.82 Å². The summed E-state index contributed by atoms with van der Waals surface area (Å²) >= 11 is 12.0. The van der Waals surface area contributed by atoms with E-state index in [-0.39, 0.29) is 40.4 Å². The van der Waals surface area contributed by atoms with Gasteiger partial charge in [-0.15, -0.1) is 0 Å². The standard InChI is InChI=1S/C18H15ClF2N4O3S.C17H13ClF3N5O3S/c19-14-4-2-1-3-11(14)7-17(26)24-13-5-6-15(16(8-13)29(22,27)28)25-10-12(9-23-25)18(20)21;18-13-4-2-1-3-10(13)5-15(27)25-12-6-14(30(22,28)29)16(23-8-12)26-9-11(7-24-26)17(19,20)21/h1-6,8-10,18H,7H2,(H,24,26)(H2,22,27,28);1-4,6-9H,5H2,(H,25,27)(H2,22,28,29). The minimum atomic E-state index is -4.67. The number of nitrogens with two attached hydrogens (primary N) is 2. The smallest absolute Gasteiger partial charge is 0.326 e.